The largest absolute Gasteiger partial charge is 0.361 e. The average Bonchev–Trinajstić information content (AvgIpc) is 2.86. The number of carbonyl (C=O) groups excluding carboxylic acids is 1. The molecule has 1 amide bonds. The van der Waals surface area contributed by atoms with Gasteiger partial charge in [0.05, 0.1) is 6.42 Å². The number of carbonyl (C=O) groups is 1. The van der Waals surface area contributed by atoms with Crippen LogP contribution < -0.4 is 5.32 Å². The number of aromatic amines is 1. The summed E-state index contributed by atoms with van der Waals surface area (Å²) < 4.78 is 0. The van der Waals surface area contributed by atoms with Crippen LogP contribution in [0.25, 0.3) is 10.9 Å². The molecule has 0 aliphatic rings. The Labute approximate surface area is 116 Å². The van der Waals surface area contributed by atoms with Crippen LogP contribution in [-0.4, -0.2) is 15.9 Å². The van der Waals surface area contributed by atoms with Crippen molar-refractivity contribution in [3.8, 4) is 0 Å². The molecule has 2 heterocycles. The van der Waals surface area contributed by atoms with Crippen LogP contribution in [0.2, 0.25) is 0 Å². The molecular weight excluding hydrogens is 250 g/mol. The van der Waals surface area contributed by atoms with Crippen LogP contribution >= 0.6 is 0 Å². The van der Waals surface area contributed by atoms with Gasteiger partial charge in [0.2, 0.25) is 5.91 Å². The van der Waals surface area contributed by atoms with Crippen molar-refractivity contribution in [2.24, 2.45) is 0 Å². The van der Waals surface area contributed by atoms with Crippen LogP contribution in [0.1, 0.15) is 11.3 Å². The molecule has 3 rings (SSSR count). The van der Waals surface area contributed by atoms with E-state index < -0.39 is 0 Å². The number of hydrogen-bond acceptors (Lipinski definition) is 2. The van der Waals surface area contributed by atoms with Crippen molar-refractivity contribution in [2.45, 2.75) is 13.3 Å². The summed E-state index contributed by atoms with van der Waals surface area (Å²) in [5, 5.41) is 3.96. The predicted octanol–water partition coefficient (Wildman–Crippen LogP) is 3.05. The van der Waals surface area contributed by atoms with Gasteiger partial charge in [0.15, 0.2) is 0 Å². The average molecular weight is 265 g/mol. The van der Waals surface area contributed by atoms with E-state index in [1.54, 1.807) is 6.07 Å². The normalized spacial score (nSPS) is 10.7. The third-order valence-electron chi connectivity index (χ3n) is 3.14. The molecule has 0 aliphatic heterocycles. The SMILES string of the molecule is Cc1cccc(NC(=O)Cc2ccc3cc[nH]c3c2)n1. The maximum Gasteiger partial charge on any atom is 0.229 e. The van der Waals surface area contributed by atoms with Crippen molar-refractivity contribution < 1.29 is 4.79 Å². The second-order valence-corrected chi connectivity index (χ2v) is 4.79. The number of rotatable bonds is 3. The van der Waals surface area contributed by atoms with Crippen molar-refractivity contribution in [3.63, 3.8) is 0 Å². The van der Waals surface area contributed by atoms with Gasteiger partial charge < -0.3 is 10.3 Å². The number of benzene rings is 1. The molecule has 0 atom stereocenters. The van der Waals surface area contributed by atoms with Gasteiger partial charge >= 0.3 is 0 Å². The lowest BCUT2D eigenvalue weighted by Crippen LogP contribution is -2.15. The van der Waals surface area contributed by atoms with Gasteiger partial charge in [0, 0.05) is 17.4 Å². The van der Waals surface area contributed by atoms with Crippen molar-refractivity contribution in [1.29, 1.82) is 0 Å². The smallest absolute Gasteiger partial charge is 0.229 e. The predicted molar refractivity (Wildman–Crippen MR) is 79.6 cm³/mol. The zero-order valence-corrected chi connectivity index (χ0v) is 11.2. The standard InChI is InChI=1S/C16H15N3O/c1-11-3-2-4-15(18-11)19-16(20)10-12-5-6-13-7-8-17-14(13)9-12/h2-9,17H,10H2,1H3,(H,18,19,20). The number of amides is 1. The van der Waals surface area contributed by atoms with Crippen molar-refractivity contribution >= 4 is 22.6 Å². The number of aromatic nitrogens is 2. The van der Waals surface area contributed by atoms with Gasteiger partial charge in [-0.15, -0.1) is 0 Å². The van der Waals surface area contributed by atoms with E-state index in [0.717, 1.165) is 22.2 Å². The van der Waals surface area contributed by atoms with Crippen molar-refractivity contribution in [1.82, 2.24) is 9.97 Å². The quantitative estimate of drug-likeness (QED) is 0.764. The molecule has 0 radical (unpaired) electrons. The number of nitrogens with zero attached hydrogens (tertiary/aromatic N) is 1. The summed E-state index contributed by atoms with van der Waals surface area (Å²) in [5.41, 5.74) is 2.91. The van der Waals surface area contributed by atoms with E-state index in [4.69, 9.17) is 0 Å². The molecule has 2 aromatic heterocycles. The lowest BCUT2D eigenvalue weighted by atomic mass is 10.1. The summed E-state index contributed by atoms with van der Waals surface area (Å²) >= 11 is 0. The highest BCUT2D eigenvalue weighted by Crippen LogP contribution is 2.15. The topological polar surface area (TPSA) is 57.8 Å². The summed E-state index contributed by atoms with van der Waals surface area (Å²) in [4.78, 5) is 19.4. The first-order valence-corrected chi connectivity index (χ1v) is 6.50. The molecule has 1 aromatic carbocycles. The second-order valence-electron chi connectivity index (χ2n) is 4.79. The van der Waals surface area contributed by atoms with Crippen LogP contribution in [0.15, 0.2) is 48.7 Å². The van der Waals surface area contributed by atoms with E-state index in [-0.39, 0.29) is 5.91 Å². The molecule has 0 fully saturated rings. The number of hydrogen-bond donors (Lipinski definition) is 2. The van der Waals surface area contributed by atoms with Crippen LogP contribution in [0.3, 0.4) is 0 Å². The van der Waals surface area contributed by atoms with E-state index in [2.05, 4.69) is 15.3 Å². The number of aryl methyl sites for hydroxylation is 1. The molecule has 0 saturated heterocycles. The van der Waals surface area contributed by atoms with E-state index in [9.17, 15) is 4.79 Å². The summed E-state index contributed by atoms with van der Waals surface area (Å²) in [6.07, 6.45) is 2.23. The molecule has 100 valence electrons. The van der Waals surface area contributed by atoms with Crippen molar-refractivity contribution in [3.05, 3.63) is 59.9 Å². The lowest BCUT2D eigenvalue weighted by molar-refractivity contribution is -0.115. The Morgan fingerprint density at radius 1 is 1.25 bits per heavy atom. The van der Waals surface area contributed by atoms with Gasteiger partial charge in [-0.25, -0.2) is 4.98 Å². The monoisotopic (exact) mass is 265 g/mol. The maximum atomic E-state index is 12.0. The number of fused-ring (bicyclic) bond motifs is 1. The highest BCUT2D eigenvalue weighted by atomic mass is 16.1. The Kier molecular flexibility index (Phi) is 3.21. The Balaban J connectivity index is 1.72. The molecular formula is C16H15N3O. The van der Waals surface area contributed by atoms with E-state index in [0.29, 0.717) is 12.2 Å². The molecule has 0 aliphatic carbocycles. The number of anilines is 1. The second kappa shape index (κ2) is 5.17. The Morgan fingerprint density at radius 2 is 2.15 bits per heavy atom. The Bertz CT molecular complexity index is 761. The van der Waals surface area contributed by atoms with E-state index in [1.807, 2.05) is 49.5 Å². The van der Waals surface area contributed by atoms with Gasteiger partial charge in [0.25, 0.3) is 0 Å². The van der Waals surface area contributed by atoms with Gasteiger partial charge in [0.1, 0.15) is 5.82 Å². The Hall–Kier alpha value is -2.62. The summed E-state index contributed by atoms with van der Waals surface area (Å²) in [6, 6.07) is 13.6. The van der Waals surface area contributed by atoms with Gasteiger partial charge in [-0.05, 0) is 42.1 Å². The minimum Gasteiger partial charge on any atom is -0.361 e. The number of nitrogens with one attached hydrogen (secondary N) is 2. The minimum atomic E-state index is -0.0611. The molecule has 4 nitrogen and oxygen atoms in total. The molecule has 0 spiro atoms. The highest BCUT2D eigenvalue weighted by Gasteiger charge is 2.06. The molecule has 2 N–H and O–H groups in total. The van der Waals surface area contributed by atoms with Gasteiger partial charge in [-0.1, -0.05) is 18.2 Å². The first-order valence-electron chi connectivity index (χ1n) is 6.50. The van der Waals surface area contributed by atoms with Crippen LogP contribution in [0.5, 0.6) is 0 Å². The third kappa shape index (κ3) is 2.69. The fraction of sp³-hybridized carbons (Fsp3) is 0.125. The maximum absolute atomic E-state index is 12.0. The van der Waals surface area contributed by atoms with Gasteiger partial charge in [-0.2, -0.15) is 0 Å². The molecule has 20 heavy (non-hydrogen) atoms. The first kappa shape index (κ1) is 12.4. The van der Waals surface area contributed by atoms with Gasteiger partial charge in [-0.3, -0.25) is 4.79 Å². The highest BCUT2D eigenvalue weighted by molar-refractivity contribution is 5.92. The molecule has 0 bridgehead atoms. The molecule has 4 heteroatoms. The fourth-order valence-corrected chi connectivity index (χ4v) is 2.19. The lowest BCUT2D eigenvalue weighted by Gasteiger charge is -2.05. The van der Waals surface area contributed by atoms with E-state index in [1.165, 1.54) is 0 Å². The Morgan fingerprint density at radius 3 is 3.00 bits per heavy atom. The summed E-state index contributed by atoms with van der Waals surface area (Å²) in [5.74, 6) is 0.532. The summed E-state index contributed by atoms with van der Waals surface area (Å²) in [6.45, 7) is 1.90. The summed E-state index contributed by atoms with van der Waals surface area (Å²) in [7, 11) is 0. The molecule has 3 aromatic rings. The van der Waals surface area contributed by atoms with Crippen LogP contribution in [-0.2, 0) is 11.2 Å². The minimum absolute atomic E-state index is 0.0611. The first-order chi connectivity index (χ1) is 9.70. The van der Waals surface area contributed by atoms with Crippen molar-refractivity contribution in [2.75, 3.05) is 5.32 Å². The zero-order valence-electron chi connectivity index (χ0n) is 11.2. The number of pyridine rings is 1. The third-order valence-corrected chi connectivity index (χ3v) is 3.14. The zero-order chi connectivity index (χ0) is 13.9. The molecule has 0 saturated carbocycles. The van der Waals surface area contributed by atoms with Crippen LogP contribution in [0, 0.1) is 6.92 Å². The fourth-order valence-electron chi connectivity index (χ4n) is 2.19. The van der Waals surface area contributed by atoms with E-state index >= 15 is 0 Å². The van der Waals surface area contributed by atoms with Crippen LogP contribution in [0.4, 0.5) is 5.82 Å². The molecule has 0 unspecified atom stereocenters. The number of H-pyrrole nitrogens is 1.